The number of nitrogens with zero attached hydrogens (tertiary/aromatic N) is 3. The average molecular weight is 355 g/mol. The Labute approximate surface area is 152 Å². The van der Waals surface area contributed by atoms with Gasteiger partial charge in [-0.3, -0.25) is 0 Å². The largest absolute Gasteiger partial charge is 0.368 e. The van der Waals surface area contributed by atoms with Crippen LogP contribution in [-0.4, -0.2) is 37.1 Å². The van der Waals surface area contributed by atoms with Crippen LogP contribution in [0, 0.1) is 18.3 Å². The topological polar surface area (TPSA) is 59.4 Å². The third-order valence-electron chi connectivity index (χ3n) is 4.41. The molecule has 1 saturated heterocycles. The van der Waals surface area contributed by atoms with E-state index in [2.05, 4.69) is 22.4 Å². The summed E-state index contributed by atoms with van der Waals surface area (Å²) in [4.78, 5) is 16.5. The highest BCUT2D eigenvalue weighted by Gasteiger charge is 2.22. The first-order chi connectivity index (χ1) is 12.1. The molecule has 0 atom stereocenters. The summed E-state index contributed by atoms with van der Waals surface area (Å²) < 4.78 is 0. The number of nitriles is 1. The highest BCUT2D eigenvalue weighted by atomic mass is 35.5. The first kappa shape index (κ1) is 17.1. The van der Waals surface area contributed by atoms with Crippen LogP contribution in [0.15, 0.2) is 42.5 Å². The minimum Gasteiger partial charge on any atom is -0.368 e. The molecule has 0 aliphatic carbocycles. The maximum atomic E-state index is 12.4. The van der Waals surface area contributed by atoms with Gasteiger partial charge in [-0.2, -0.15) is 5.26 Å². The Morgan fingerprint density at radius 1 is 1.12 bits per heavy atom. The highest BCUT2D eigenvalue weighted by Crippen LogP contribution is 2.27. The van der Waals surface area contributed by atoms with Crippen molar-refractivity contribution in [3.8, 4) is 6.07 Å². The molecular formula is C19H19ClN4O. The van der Waals surface area contributed by atoms with E-state index in [0.29, 0.717) is 24.3 Å². The van der Waals surface area contributed by atoms with Crippen LogP contribution in [0.5, 0.6) is 0 Å². The number of carbonyl (C=O) groups excluding carboxylic acids is 1. The van der Waals surface area contributed by atoms with Crippen molar-refractivity contribution in [2.24, 2.45) is 0 Å². The van der Waals surface area contributed by atoms with Gasteiger partial charge in [-0.15, -0.1) is 0 Å². The molecule has 2 aromatic carbocycles. The molecule has 1 N–H and O–H groups in total. The third-order valence-corrected chi connectivity index (χ3v) is 4.82. The molecule has 0 radical (unpaired) electrons. The zero-order valence-electron chi connectivity index (χ0n) is 14.0. The zero-order valence-corrected chi connectivity index (χ0v) is 14.8. The van der Waals surface area contributed by atoms with E-state index in [4.69, 9.17) is 16.9 Å². The van der Waals surface area contributed by atoms with Crippen molar-refractivity contribution in [2.75, 3.05) is 36.4 Å². The lowest BCUT2D eigenvalue weighted by atomic mass is 10.1. The predicted octanol–water partition coefficient (Wildman–Crippen LogP) is 3.87. The normalized spacial score (nSPS) is 14.1. The second-order valence-corrected chi connectivity index (χ2v) is 6.38. The first-order valence-electron chi connectivity index (χ1n) is 8.14. The van der Waals surface area contributed by atoms with E-state index >= 15 is 0 Å². The molecule has 3 rings (SSSR count). The number of hydrogen-bond donors (Lipinski definition) is 1. The maximum Gasteiger partial charge on any atom is 0.321 e. The zero-order chi connectivity index (χ0) is 17.8. The van der Waals surface area contributed by atoms with Crippen LogP contribution >= 0.6 is 11.6 Å². The fraction of sp³-hybridized carbons (Fsp3) is 0.263. The van der Waals surface area contributed by atoms with Crippen LogP contribution in [0.2, 0.25) is 5.02 Å². The lowest BCUT2D eigenvalue weighted by Crippen LogP contribution is -2.50. The Hall–Kier alpha value is -2.71. The van der Waals surface area contributed by atoms with E-state index in [1.54, 1.807) is 29.2 Å². The number of amides is 2. The summed E-state index contributed by atoms with van der Waals surface area (Å²) in [5, 5.41) is 12.4. The molecule has 0 saturated carbocycles. The Kier molecular flexibility index (Phi) is 5.11. The molecule has 6 heteroatoms. The summed E-state index contributed by atoms with van der Waals surface area (Å²) in [6.45, 7) is 4.84. The number of nitrogens with one attached hydrogen (secondary N) is 1. The Bertz CT molecular complexity index is 805. The van der Waals surface area contributed by atoms with Crippen molar-refractivity contribution in [2.45, 2.75) is 6.92 Å². The molecule has 0 bridgehead atoms. The van der Waals surface area contributed by atoms with Crippen LogP contribution in [0.1, 0.15) is 11.1 Å². The smallest absolute Gasteiger partial charge is 0.321 e. The van der Waals surface area contributed by atoms with Gasteiger partial charge in [-0.1, -0.05) is 17.7 Å². The molecular weight excluding hydrogens is 336 g/mol. The number of hydrogen-bond acceptors (Lipinski definition) is 3. The maximum absolute atomic E-state index is 12.4. The van der Waals surface area contributed by atoms with Gasteiger partial charge >= 0.3 is 6.03 Å². The summed E-state index contributed by atoms with van der Waals surface area (Å²) in [7, 11) is 0. The number of urea groups is 1. The van der Waals surface area contributed by atoms with Gasteiger partial charge in [0.1, 0.15) is 0 Å². The van der Waals surface area contributed by atoms with Gasteiger partial charge in [-0.25, -0.2) is 4.79 Å². The van der Waals surface area contributed by atoms with E-state index in [1.165, 1.54) is 0 Å². The quantitative estimate of drug-likeness (QED) is 0.890. The molecule has 0 aromatic heterocycles. The van der Waals surface area contributed by atoms with Gasteiger partial charge in [0, 0.05) is 42.6 Å². The molecule has 1 aliphatic heterocycles. The van der Waals surface area contributed by atoms with E-state index in [9.17, 15) is 4.79 Å². The second kappa shape index (κ2) is 7.45. The molecule has 1 aliphatic rings. The molecule has 5 nitrogen and oxygen atoms in total. The predicted molar refractivity (Wildman–Crippen MR) is 100 cm³/mol. The van der Waals surface area contributed by atoms with Gasteiger partial charge in [0.2, 0.25) is 0 Å². The standard InChI is InChI=1S/C19H19ClN4O/c1-14-17(20)3-2-4-18(14)23-9-11-24(12-10-23)19(25)22-16-7-5-15(13-21)6-8-16/h2-8H,9-12H2,1H3,(H,22,25). The summed E-state index contributed by atoms with van der Waals surface area (Å²) in [6.07, 6.45) is 0. The summed E-state index contributed by atoms with van der Waals surface area (Å²) in [5.41, 5.74) is 3.46. The van der Waals surface area contributed by atoms with Gasteiger partial charge < -0.3 is 15.1 Å². The third kappa shape index (κ3) is 3.86. The second-order valence-electron chi connectivity index (χ2n) is 5.98. The van der Waals surface area contributed by atoms with E-state index in [0.717, 1.165) is 29.4 Å². The average Bonchev–Trinajstić information content (AvgIpc) is 2.65. The monoisotopic (exact) mass is 354 g/mol. The van der Waals surface area contributed by atoms with Crippen molar-refractivity contribution in [3.63, 3.8) is 0 Å². The van der Waals surface area contributed by atoms with Gasteiger partial charge in [0.05, 0.1) is 11.6 Å². The van der Waals surface area contributed by atoms with Crippen LogP contribution in [0.3, 0.4) is 0 Å². The fourth-order valence-electron chi connectivity index (χ4n) is 2.92. The van der Waals surface area contributed by atoms with E-state index in [-0.39, 0.29) is 6.03 Å². The first-order valence-corrected chi connectivity index (χ1v) is 8.52. The number of anilines is 2. The lowest BCUT2D eigenvalue weighted by molar-refractivity contribution is 0.208. The molecule has 0 spiro atoms. The fourth-order valence-corrected chi connectivity index (χ4v) is 3.09. The van der Waals surface area contributed by atoms with Crippen molar-refractivity contribution >= 4 is 29.0 Å². The highest BCUT2D eigenvalue weighted by molar-refractivity contribution is 6.31. The van der Waals surface area contributed by atoms with Crippen LogP contribution in [0.25, 0.3) is 0 Å². The van der Waals surface area contributed by atoms with Crippen LogP contribution < -0.4 is 10.2 Å². The number of piperazine rings is 1. The van der Waals surface area contributed by atoms with Crippen LogP contribution in [0.4, 0.5) is 16.2 Å². The molecule has 25 heavy (non-hydrogen) atoms. The van der Waals surface area contributed by atoms with E-state index < -0.39 is 0 Å². The van der Waals surface area contributed by atoms with Crippen molar-refractivity contribution in [1.82, 2.24) is 4.90 Å². The Morgan fingerprint density at radius 2 is 1.80 bits per heavy atom. The molecule has 2 aromatic rings. The minimum absolute atomic E-state index is 0.118. The molecule has 2 amide bonds. The van der Waals surface area contributed by atoms with Crippen molar-refractivity contribution in [1.29, 1.82) is 5.26 Å². The van der Waals surface area contributed by atoms with Crippen molar-refractivity contribution in [3.05, 3.63) is 58.6 Å². The Balaban J connectivity index is 1.59. The molecule has 128 valence electrons. The van der Waals surface area contributed by atoms with E-state index in [1.807, 2.05) is 19.1 Å². The minimum atomic E-state index is -0.118. The summed E-state index contributed by atoms with van der Waals surface area (Å²) >= 11 is 6.20. The van der Waals surface area contributed by atoms with Crippen LogP contribution in [-0.2, 0) is 0 Å². The number of rotatable bonds is 2. The summed E-state index contributed by atoms with van der Waals surface area (Å²) in [5.74, 6) is 0. The Morgan fingerprint density at radius 3 is 2.44 bits per heavy atom. The molecule has 1 fully saturated rings. The number of halogens is 1. The molecule has 0 unspecified atom stereocenters. The van der Waals surface area contributed by atoms with Gasteiger partial charge in [0.25, 0.3) is 0 Å². The lowest BCUT2D eigenvalue weighted by Gasteiger charge is -2.36. The SMILES string of the molecule is Cc1c(Cl)cccc1N1CCN(C(=O)Nc2ccc(C#N)cc2)CC1. The summed E-state index contributed by atoms with van der Waals surface area (Å²) in [6, 6.07) is 14.7. The van der Waals surface area contributed by atoms with Gasteiger partial charge in [0.15, 0.2) is 0 Å². The van der Waals surface area contributed by atoms with Gasteiger partial charge in [-0.05, 0) is 48.9 Å². The number of carbonyl (C=O) groups is 1. The number of benzene rings is 2. The van der Waals surface area contributed by atoms with Crippen molar-refractivity contribution < 1.29 is 4.79 Å². The molecule has 1 heterocycles.